The van der Waals surface area contributed by atoms with E-state index in [9.17, 15) is 18.4 Å². The molecule has 0 saturated heterocycles. The largest absolute Gasteiger partial charge is 0.381 e. The van der Waals surface area contributed by atoms with Crippen molar-refractivity contribution in [1.29, 1.82) is 0 Å². The highest BCUT2D eigenvalue weighted by Gasteiger charge is 2.26. The van der Waals surface area contributed by atoms with Gasteiger partial charge in [-0.2, -0.15) is 10.2 Å². The van der Waals surface area contributed by atoms with Gasteiger partial charge in [0.15, 0.2) is 23.3 Å². The van der Waals surface area contributed by atoms with Gasteiger partial charge in [0.1, 0.15) is 11.4 Å². The number of hydrogen-bond donors (Lipinski definition) is 2. The van der Waals surface area contributed by atoms with Crippen LogP contribution in [0.25, 0.3) is 16.6 Å². The highest BCUT2D eigenvalue weighted by Crippen LogP contribution is 2.26. The summed E-state index contributed by atoms with van der Waals surface area (Å²) in [4.78, 5) is 36.4. The molecule has 13 heteroatoms. The van der Waals surface area contributed by atoms with Crippen LogP contribution < -0.4 is 16.6 Å². The highest BCUT2D eigenvalue weighted by atomic mass is 19.2. The lowest BCUT2D eigenvalue weighted by Crippen LogP contribution is -2.33. The van der Waals surface area contributed by atoms with Crippen molar-refractivity contribution in [2.24, 2.45) is 19.1 Å². The van der Waals surface area contributed by atoms with Crippen LogP contribution in [0.2, 0.25) is 0 Å². The van der Waals surface area contributed by atoms with Crippen LogP contribution in [0, 0.1) is 23.5 Å². The number of benzene rings is 2. The maximum atomic E-state index is 14.4. The van der Waals surface area contributed by atoms with Crippen molar-refractivity contribution in [3.05, 3.63) is 106 Å². The average molecular weight is 582 g/mol. The van der Waals surface area contributed by atoms with Gasteiger partial charge < -0.3 is 11.1 Å². The Hall–Kier alpha value is -5.90. The van der Waals surface area contributed by atoms with Crippen molar-refractivity contribution >= 4 is 34.7 Å². The molecule has 43 heavy (non-hydrogen) atoms. The van der Waals surface area contributed by atoms with E-state index < -0.39 is 29.1 Å². The van der Waals surface area contributed by atoms with Crippen LogP contribution in [-0.2, 0) is 14.1 Å². The molecule has 3 aromatic heterocycles. The van der Waals surface area contributed by atoms with Gasteiger partial charge >= 0.3 is 0 Å². The molecule has 0 spiro atoms. The minimum Gasteiger partial charge on any atom is -0.381 e. The molecule has 0 aliphatic heterocycles. The molecule has 0 aliphatic carbocycles. The van der Waals surface area contributed by atoms with Crippen LogP contribution in [0.5, 0.6) is 0 Å². The summed E-state index contributed by atoms with van der Waals surface area (Å²) in [5.74, 6) is 3.24. The summed E-state index contributed by atoms with van der Waals surface area (Å²) >= 11 is 0. The molecule has 1 atom stereocenters. The zero-order chi connectivity index (χ0) is 30.8. The van der Waals surface area contributed by atoms with Crippen molar-refractivity contribution in [2.75, 3.05) is 5.73 Å². The van der Waals surface area contributed by atoms with Gasteiger partial charge in [-0.25, -0.2) is 23.4 Å². The standard InChI is InChI=1S/C30H25F2N9O2/c1-5-13-34-28-25(26(33)38-40(28)4)29(42)36-17(2)27-37-23-8-6-7-19(10-9-18-15-35-39(3)16-18)24(23)30(43)41(27)20-11-12-21(31)22(32)14-20/h5-8,11-17H,1H2,2-4H3,(H2,33,38)(H,36,42)/b34-13-. The first-order valence-electron chi connectivity index (χ1n) is 12.9. The van der Waals surface area contributed by atoms with Crippen molar-refractivity contribution in [1.82, 2.24) is 34.4 Å². The molecule has 0 bridgehead atoms. The Morgan fingerprint density at radius 1 is 1.19 bits per heavy atom. The number of halogens is 2. The van der Waals surface area contributed by atoms with E-state index in [1.54, 1.807) is 56.3 Å². The lowest BCUT2D eigenvalue weighted by Gasteiger charge is -2.20. The predicted octanol–water partition coefficient (Wildman–Crippen LogP) is 3.49. The van der Waals surface area contributed by atoms with Crippen LogP contribution in [0.15, 0.2) is 71.2 Å². The highest BCUT2D eigenvalue weighted by molar-refractivity contribution is 6.03. The van der Waals surface area contributed by atoms with E-state index in [1.165, 1.54) is 23.0 Å². The molecule has 0 aliphatic rings. The zero-order valence-corrected chi connectivity index (χ0v) is 23.3. The lowest BCUT2D eigenvalue weighted by atomic mass is 10.1. The maximum absolute atomic E-state index is 14.4. The molecular weight excluding hydrogens is 556 g/mol. The minimum absolute atomic E-state index is 0.00147. The molecule has 1 amide bonds. The Morgan fingerprint density at radius 2 is 1.98 bits per heavy atom. The number of hydrogen-bond acceptors (Lipinski definition) is 7. The number of allylic oxidation sites excluding steroid dienone is 1. The molecule has 2 aromatic carbocycles. The van der Waals surface area contributed by atoms with E-state index >= 15 is 0 Å². The molecule has 0 saturated carbocycles. The van der Waals surface area contributed by atoms with E-state index in [0.717, 1.165) is 16.7 Å². The third-order valence-electron chi connectivity index (χ3n) is 6.44. The Morgan fingerprint density at radius 3 is 2.67 bits per heavy atom. The Kier molecular flexibility index (Phi) is 7.68. The van der Waals surface area contributed by atoms with Crippen LogP contribution in [-0.4, -0.2) is 41.2 Å². The average Bonchev–Trinajstić information content (AvgIpc) is 3.52. The second-order valence-corrected chi connectivity index (χ2v) is 9.48. The van der Waals surface area contributed by atoms with Gasteiger partial charge in [-0.15, -0.1) is 0 Å². The third kappa shape index (κ3) is 5.53. The topological polar surface area (TPSA) is 138 Å². The smallest absolute Gasteiger partial charge is 0.267 e. The number of aromatic nitrogens is 6. The van der Waals surface area contributed by atoms with E-state index in [2.05, 4.69) is 43.9 Å². The number of rotatable bonds is 6. The van der Waals surface area contributed by atoms with E-state index in [0.29, 0.717) is 11.1 Å². The van der Waals surface area contributed by atoms with Crippen molar-refractivity contribution in [3.8, 4) is 17.5 Å². The van der Waals surface area contributed by atoms with Crippen LogP contribution in [0.3, 0.4) is 0 Å². The number of anilines is 1. The molecule has 3 heterocycles. The van der Waals surface area contributed by atoms with Crippen molar-refractivity contribution in [2.45, 2.75) is 13.0 Å². The number of amides is 1. The fourth-order valence-electron chi connectivity index (χ4n) is 4.50. The van der Waals surface area contributed by atoms with Crippen LogP contribution in [0.4, 0.5) is 20.4 Å². The molecule has 0 radical (unpaired) electrons. The first-order chi connectivity index (χ1) is 20.6. The molecule has 0 fully saturated rings. The maximum Gasteiger partial charge on any atom is 0.267 e. The monoisotopic (exact) mass is 581 g/mol. The van der Waals surface area contributed by atoms with Crippen LogP contribution in [0.1, 0.15) is 40.3 Å². The van der Waals surface area contributed by atoms with E-state index in [-0.39, 0.29) is 39.6 Å². The first kappa shape index (κ1) is 28.6. The molecular formula is C30H25F2N9O2. The number of nitrogen functional groups attached to an aromatic ring is 1. The number of aryl methyl sites for hydroxylation is 2. The quantitative estimate of drug-likeness (QED) is 0.233. The number of fused-ring (bicyclic) bond motifs is 1. The summed E-state index contributed by atoms with van der Waals surface area (Å²) in [7, 11) is 3.33. The summed E-state index contributed by atoms with van der Waals surface area (Å²) in [5.41, 5.74) is 6.70. The number of carbonyl (C=O) groups is 1. The number of nitrogens with zero attached hydrogens (tertiary/aromatic N) is 7. The Balaban J connectivity index is 1.67. The van der Waals surface area contributed by atoms with Crippen LogP contribution >= 0.6 is 0 Å². The number of nitrogens with one attached hydrogen (secondary N) is 1. The van der Waals surface area contributed by atoms with E-state index in [4.69, 9.17) is 5.73 Å². The minimum atomic E-state index is -1.16. The summed E-state index contributed by atoms with van der Waals surface area (Å²) in [6, 6.07) is 7.08. The molecule has 3 N–H and O–H groups in total. The fraction of sp³-hybridized carbons (Fsp3) is 0.133. The second kappa shape index (κ2) is 11.5. The van der Waals surface area contributed by atoms with Gasteiger partial charge in [-0.05, 0) is 31.2 Å². The molecule has 5 rings (SSSR count). The third-order valence-corrected chi connectivity index (χ3v) is 6.44. The SMILES string of the molecule is C=C/C=N\c1c(C(=O)NC(C)c2nc3cccc(C#Cc4cnn(C)c4)c3c(=O)n2-c2ccc(F)c(F)c2)c(N)nn1C. The number of aliphatic imine (C=N–C) groups is 1. The number of carbonyl (C=O) groups excluding carboxylic acids is 1. The Bertz CT molecular complexity index is 2060. The van der Waals surface area contributed by atoms with Gasteiger partial charge in [0.05, 0.1) is 34.4 Å². The zero-order valence-electron chi connectivity index (χ0n) is 23.3. The predicted molar refractivity (Wildman–Crippen MR) is 158 cm³/mol. The molecule has 5 aromatic rings. The summed E-state index contributed by atoms with van der Waals surface area (Å²) in [6.07, 6.45) is 6.13. The fourth-order valence-corrected chi connectivity index (χ4v) is 4.50. The van der Waals surface area contributed by atoms with Gasteiger partial charge in [0.25, 0.3) is 11.5 Å². The molecule has 216 valence electrons. The molecule has 1 unspecified atom stereocenters. The lowest BCUT2D eigenvalue weighted by molar-refractivity contribution is 0.0939. The molecule has 11 nitrogen and oxygen atoms in total. The first-order valence-corrected chi connectivity index (χ1v) is 12.9. The summed E-state index contributed by atoms with van der Waals surface area (Å²) in [6.45, 7) is 5.17. The summed E-state index contributed by atoms with van der Waals surface area (Å²) < 4.78 is 32.3. The second-order valence-electron chi connectivity index (χ2n) is 9.48. The van der Waals surface area contributed by atoms with Gasteiger partial charge in [0, 0.05) is 38.1 Å². The summed E-state index contributed by atoms with van der Waals surface area (Å²) in [5, 5.41) is 11.1. The van der Waals surface area contributed by atoms with Gasteiger partial charge in [-0.1, -0.05) is 30.6 Å². The van der Waals surface area contributed by atoms with Crippen molar-refractivity contribution < 1.29 is 13.6 Å². The normalized spacial score (nSPS) is 11.8. The van der Waals surface area contributed by atoms with Gasteiger partial charge in [0.2, 0.25) is 0 Å². The van der Waals surface area contributed by atoms with E-state index in [1.807, 2.05) is 0 Å². The number of nitrogens with two attached hydrogens (primary N) is 1. The van der Waals surface area contributed by atoms with Crippen molar-refractivity contribution in [3.63, 3.8) is 0 Å². The van der Waals surface area contributed by atoms with Gasteiger partial charge in [-0.3, -0.25) is 18.8 Å². The Labute approximate surface area is 244 Å².